The number of rotatable bonds is 10. The zero-order valence-corrected chi connectivity index (χ0v) is 24.2. The number of β-amino-alcohol motifs (C(OH)–C–C–N with tert-alkyl or cyclic N) is 1. The van der Waals surface area contributed by atoms with Gasteiger partial charge in [0.15, 0.2) is 0 Å². The maximum Gasteiger partial charge on any atom is 0.243 e. The number of nitrogens with two attached hydrogens (primary N) is 1. The van der Waals surface area contributed by atoms with Crippen LogP contribution in [0.4, 0.5) is 0 Å². The van der Waals surface area contributed by atoms with Gasteiger partial charge < -0.3 is 26.4 Å². The molecular weight excluding hydrogens is 552 g/mol. The first-order valence-electron chi connectivity index (χ1n) is 13.5. The van der Waals surface area contributed by atoms with Gasteiger partial charge in [-0.25, -0.2) is 15.3 Å². The summed E-state index contributed by atoms with van der Waals surface area (Å²) in [6.45, 7) is 8.57. The van der Waals surface area contributed by atoms with Gasteiger partial charge in [0.2, 0.25) is 18.0 Å². The average molecular weight is 594 g/mol. The van der Waals surface area contributed by atoms with E-state index in [4.69, 9.17) is 10.6 Å². The number of carbonyl (C=O) groups is 2. The second-order valence-corrected chi connectivity index (χ2v) is 12.6. The molecule has 1 aromatic carbocycles. The van der Waals surface area contributed by atoms with Crippen LogP contribution in [-0.4, -0.2) is 71.0 Å². The summed E-state index contributed by atoms with van der Waals surface area (Å²) in [4.78, 5) is 39.1. The molecular formula is C27H41BrN6O4. The van der Waals surface area contributed by atoms with Crippen molar-refractivity contribution in [1.29, 1.82) is 0 Å². The normalized spacial score (nSPS) is 25.9. The first-order valence-corrected chi connectivity index (χ1v) is 14.3. The number of aliphatic hydroxyl groups is 1. The monoisotopic (exact) mass is 592 g/mol. The highest BCUT2D eigenvalue weighted by molar-refractivity contribution is 9.10. The van der Waals surface area contributed by atoms with Gasteiger partial charge in [-0.2, -0.15) is 0 Å². The SMILES string of the molecule is CCC(NC(=O)C1CC(O)CN1C(=O)C(NCC(N)C1CC1)C(C)(C)C)C1=NC(c2cccc(Br)c2)ON1. The van der Waals surface area contributed by atoms with E-state index in [2.05, 4.69) is 37.0 Å². The largest absolute Gasteiger partial charge is 0.391 e. The molecule has 38 heavy (non-hydrogen) atoms. The smallest absolute Gasteiger partial charge is 0.243 e. The fourth-order valence-corrected chi connectivity index (χ4v) is 5.49. The van der Waals surface area contributed by atoms with Gasteiger partial charge >= 0.3 is 0 Å². The molecule has 1 saturated carbocycles. The number of aliphatic hydroxyl groups excluding tert-OH is 1. The summed E-state index contributed by atoms with van der Waals surface area (Å²) < 4.78 is 0.921. The molecule has 210 valence electrons. The van der Waals surface area contributed by atoms with Crippen LogP contribution in [0.1, 0.15) is 65.2 Å². The Morgan fingerprint density at radius 1 is 1.34 bits per heavy atom. The van der Waals surface area contributed by atoms with Crippen LogP contribution < -0.4 is 21.8 Å². The van der Waals surface area contributed by atoms with Crippen LogP contribution in [0.25, 0.3) is 0 Å². The van der Waals surface area contributed by atoms with Gasteiger partial charge in [0, 0.05) is 35.6 Å². The molecule has 6 N–H and O–H groups in total. The number of hydrogen-bond donors (Lipinski definition) is 5. The molecule has 3 aliphatic rings. The Labute approximate surface area is 233 Å². The Morgan fingerprint density at radius 3 is 2.71 bits per heavy atom. The number of nitrogens with zero attached hydrogens (tertiary/aromatic N) is 2. The zero-order chi connectivity index (χ0) is 27.6. The van der Waals surface area contributed by atoms with Crippen molar-refractivity contribution in [2.75, 3.05) is 13.1 Å². The first kappa shape index (κ1) is 28.9. The van der Waals surface area contributed by atoms with Crippen molar-refractivity contribution in [2.45, 2.75) is 89.9 Å². The summed E-state index contributed by atoms with van der Waals surface area (Å²) in [5.41, 5.74) is 9.62. The van der Waals surface area contributed by atoms with Crippen LogP contribution in [0.2, 0.25) is 0 Å². The minimum atomic E-state index is -0.779. The van der Waals surface area contributed by atoms with Gasteiger partial charge in [0.1, 0.15) is 11.9 Å². The van der Waals surface area contributed by atoms with Crippen LogP contribution >= 0.6 is 15.9 Å². The standard InChI is InChI=1S/C27H41BrN6O4/c1-5-20(23-32-25(38-33-23)16-7-6-8-17(28)11-16)31-24(36)21-12-18(35)14-34(21)26(37)22(27(2,3)4)30-13-19(29)15-9-10-15/h6-8,11,15,18-22,25,30,35H,5,9-10,12-14,29H2,1-4H3,(H,31,36)(H,32,33). The van der Waals surface area contributed by atoms with Crippen LogP contribution in [0, 0.1) is 11.3 Å². The van der Waals surface area contributed by atoms with Crippen molar-refractivity contribution in [2.24, 2.45) is 22.1 Å². The minimum Gasteiger partial charge on any atom is -0.391 e. The van der Waals surface area contributed by atoms with E-state index >= 15 is 0 Å². The van der Waals surface area contributed by atoms with E-state index < -0.39 is 35.9 Å². The number of aliphatic imine (C=N–C) groups is 1. The lowest BCUT2D eigenvalue weighted by atomic mass is 9.85. The third-order valence-electron chi connectivity index (χ3n) is 7.48. The lowest BCUT2D eigenvalue weighted by Crippen LogP contribution is -2.59. The molecule has 2 amide bonds. The molecule has 6 unspecified atom stereocenters. The van der Waals surface area contributed by atoms with Crippen molar-refractivity contribution >= 4 is 33.6 Å². The molecule has 6 atom stereocenters. The van der Waals surface area contributed by atoms with Gasteiger partial charge in [0.25, 0.3) is 0 Å². The molecule has 2 fully saturated rings. The van der Waals surface area contributed by atoms with E-state index in [1.807, 2.05) is 52.0 Å². The number of halogens is 1. The fraction of sp³-hybridized carbons (Fsp3) is 0.667. The summed E-state index contributed by atoms with van der Waals surface area (Å²) in [5.74, 6) is 0.514. The summed E-state index contributed by atoms with van der Waals surface area (Å²) in [6, 6.07) is 5.95. The highest BCUT2D eigenvalue weighted by Crippen LogP contribution is 2.32. The number of carbonyl (C=O) groups excluding carboxylic acids is 2. The van der Waals surface area contributed by atoms with Crippen molar-refractivity contribution in [3.05, 3.63) is 34.3 Å². The molecule has 2 heterocycles. The van der Waals surface area contributed by atoms with Crippen molar-refractivity contribution < 1.29 is 19.5 Å². The van der Waals surface area contributed by atoms with Crippen LogP contribution in [0.15, 0.2) is 33.7 Å². The highest BCUT2D eigenvalue weighted by Gasteiger charge is 2.45. The fourth-order valence-electron chi connectivity index (χ4n) is 5.07. The molecule has 0 radical (unpaired) electrons. The Morgan fingerprint density at radius 2 is 2.08 bits per heavy atom. The molecule has 0 spiro atoms. The molecule has 1 aromatic rings. The van der Waals surface area contributed by atoms with Crippen molar-refractivity contribution in [3.8, 4) is 0 Å². The van der Waals surface area contributed by atoms with E-state index in [0.717, 1.165) is 22.9 Å². The number of hydroxylamine groups is 1. The summed E-state index contributed by atoms with van der Waals surface area (Å²) in [7, 11) is 0. The first-order chi connectivity index (χ1) is 18.0. The topological polar surface area (TPSA) is 141 Å². The lowest BCUT2D eigenvalue weighted by Gasteiger charge is -2.36. The van der Waals surface area contributed by atoms with E-state index in [9.17, 15) is 14.7 Å². The number of benzene rings is 1. The van der Waals surface area contributed by atoms with Crippen molar-refractivity contribution in [1.82, 2.24) is 21.0 Å². The lowest BCUT2D eigenvalue weighted by molar-refractivity contribution is -0.142. The van der Waals surface area contributed by atoms with Gasteiger partial charge in [0.05, 0.1) is 18.2 Å². The van der Waals surface area contributed by atoms with E-state index in [-0.39, 0.29) is 30.8 Å². The van der Waals surface area contributed by atoms with Crippen LogP contribution in [-0.2, 0) is 14.4 Å². The third kappa shape index (κ3) is 6.93. The van der Waals surface area contributed by atoms with E-state index in [1.54, 1.807) is 0 Å². The molecule has 11 heteroatoms. The molecule has 0 bridgehead atoms. The Bertz CT molecular complexity index is 1040. The molecule has 2 aliphatic heterocycles. The van der Waals surface area contributed by atoms with E-state index in [0.29, 0.717) is 24.7 Å². The predicted molar refractivity (Wildman–Crippen MR) is 149 cm³/mol. The zero-order valence-electron chi connectivity index (χ0n) is 22.6. The minimum absolute atomic E-state index is 0.00366. The summed E-state index contributed by atoms with van der Waals surface area (Å²) >= 11 is 3.46. The van der Waals surface area contributed by atoms with Gasteiger partial charge in [-0.15, -0.1) is 0 Å². The van der Waals surface area contributed by atoms with Crippen LogP contribution in [0.3, 0.4) is 0 Å². The number of amides is 2. The Balaban J connectivity index is 1.44. The molecule has 0 aromatic heterocycles. The summed E-state index contributed by atoms with van der Waals surface area (Å²) in [5, 5.41) is 16.9. The maximum atomic E-state index is 13.8. The second kappa shape index (κ2) is 12.0. The van der Waals surface area contributed by atoms with Gasteiger partial charge in [-0.05, 0) is 42.7 Å². The second-order valence-electron chi connectivity index (χ2n) is 11.7. The Kier molecular flexibility index (Phi) is 9.14. The number of hydrogen-bond acceptors (Lipinski definition) is 8. The average Bonchev–Trinajstić information content (AvgIpc) is 3.46. The predicted octanol–water partition coefficient (Wildman–Crippen LogP) is 1.98. The van der Waals surface area contributed by atoms with Crippen LogP contribution in [0.5, 0.6) is 0 Å². The molecule has 10 nitrogen and oxygen atoms in total. The molecule has 1 saturated heterocycles. The quantitative estimate of drug-likeness (QED) is 0.280. The maximum absolute atomic E-state index is 13.8. The van der Waals surface area contributed by atoms with Gasteiger partial charge in [-0.3, -0.25) is 9.59 Å². The Hall–Kier alpha value is -2.05. The van der Waals surface area contributed by atoms with E-state index in [1.165, 1.54) is 4.90 Å². The summed E-state index contributed by atoms with van der Waals surface area (Å²) in [6.07, 6.45) is 1.72. The molecule has 4 rings (SSSR count). The highest BCUT2D eigenvalue weighted by atomic mass is 79.9. The number of likely N-dealkylation sites (tertiary alicyclic amines) is 1. The third-order valence-corrected chi connectivity index (χ3v) is 7.98. The molecule has 1 aliphatic carbocycles. The number of nitrogens with one attached hydrogen (secondary N) is 3. The van der Waals surface area contributed by atoms with Crippen molar-refractivity contribution in [3.63, 3.8) is 0 Å². The number of amidine groups is 1. The van der Waals surface area contributed by atoms with Gasteiger partial charge in [-0.1, -0.05) is 55.8 Å².